The molecule has 0 aromatic carbocycles. The molecule has 2 unspecified atom stereocenters. The van der Waals surface area contributed by atoms with E-state index in [1.807, 2.05) is 13.8 Å². The molecule has 0 rings (SSSR count). The van der Waals surface area contributed by atoms with Crippen molar-refractivity contribution in [2.75, 3.05) is 26.4 Å². The standard InChI is InChI=1S/C12H26O3/c1-5-7-14-11(3)9-13-10-12(4)15-8-6-2/h11-12H,5-10H2,1-4H3. The molecule has 0 bridgehead atoms. The first-order valence-corrected chi connectivity index (χ1v) is 6.01. The second kappa shape index (κ2) is 10.4. The van der Waals surface area contributed by atoms with E-state index in [0.29, 0.717) is 13.2 Å². The van der Waals surface area contributed by atoms with Crippen molar-refractivity contribution in [3.8, 4) is 0 Å². The van der Waals surface area contributed by atoms with Crippen LogP contribution in [0.15, 0.2) is 0 Å². The van der Waals surface area contributed by atoms with Gasteiger partial charge in [-0.15, -0.1) is 0 Å². The molecule has 92 valence electrons. The van der Waals surface area contributed by atoms with Gasteiger partial charge in [-0.3, -0.25) is 0 Å². The third-order valence-electron chi connectivity index (χ3n) is 1.92. The molecule has 0 aliphatic carbocycles. The SMILES string of the molecule is CCCOC(C)COCC(C)OCCC. The normalized spacial score (nSPS) is 15.2. The predicted molar refractivity (Wildman–Crippen MR) is 62.2 cm³/mol. The van der Waals surface area contributed by atoms with E-state index >= 15 is 0 Å². The maximum absolute atomic E-state index is 5.50. The average Bonchev–Trinajstić information content (AvgIpc) is 2.23. The molecule has 0 saturated carbocycles. The van der Waals surface area contributed by atoms with Gasteiger partial charge in [-0.2, -0.15) is 0 Å². The Morgan fingerprint density at radius 3 is 1.53 bits per heavy atom. The van der Waals surface area contributed by atoms with Crippen molar-refractivity contribution in [3.05, 3.63) is 0 Å². The van der Waals surface area contributed by atoms with E-state index in [-0.39, 0.29) is 12.2 Å². The van der Waals surface area contributed by atoms with Gasteiger partial charge in [-0.05, 0) is 26.7 Å². The fourth-order valence-electron chi connectivity index (χ4n) is 1.13. The monoisotopic (exact) mass is 218 g/mol. The third-order valence-corrected chi connectivity index (χ3v) is 1.92. The van der Waals surface area contributed by atoms with Gasteiger partial charge in [0.15, 0.2) is 0 Å². The first-order chi connectivity index (χ1) is 7.20. The molecule has 3 heteroatoms. The molecular formula is C12H26O3. The zero-order valence-electron chi connectivity index (χ0n) is 10.6. The molecule has 0 aromatic heterocycles. The van der Waals surface area contributed by atoms with E-state index in [2.05, 4.69) is 13.8 Å². The van der Waals surface area contributed by atoms with Crippen LogP contribution in [0.4, 0.5) is 0 Å². The average molecular weight is 218 g/mol. The van der Waals surface area contributed by atoms with Crippen LogP contribution >= 0.6 is 0 Å². The summed E-state index contributed by atoms with van der Waals surface area (Å²) in [5.74, 6) is 0. The Hall–Kier alpha value is -0.120. The second-order valence-electron chi connectivity index (χ2n) is 3.90. The Balaban J connectivity index is 3.27. The zero-order chi connectivity index (χ0) is 11.5. The Kier molecular flexibility index (Phi) is 10.3. The lowest BCUT2D eigenvalue weighted by Crippen LogP contribution is -2.22. The van der Waals surface area contributed by atoms with Crippen LogP contribution in [-0.4, -0.2) is 38.6 Å². The summed E-state index contributed by atoms with van der Waals surface area (Å²) in [5.41, 5.74) is 0. The molecule has 0 spiro atoms. The summed E-state index contributed by atoms with van der Waals surface area (Å²) in [5, 5.41) is 0. The van der Waals surface area contributed by atoms with Crippen LogP contribution < -0.4 is 0 Å². The first-order valence-electron chi connectivity index (χ1n) is 6.01. The minimum absolute atomic E-state index is 0.184. The highest BCUT2D eigenvalue weighted by molar-refractivity contribution is 4.51. The molecule has 0 aromatic rings. The molecule has 0 radical (unpaired) electrons. The van der Waals surface area contributed by atoms with E-state index in [0.717, 1.165) is 26.1 Å². The van der Waals surface area contributed by atoms with Crippen molar-refractivity contribution >= 4 is 0 Å². The summed E-state index contributed by atoms with van der Waals surface area (Å²) in [7, 11) is 0. The third kappa shape index (κ3) is 10.2. The van der Waals surface area contributed by atoms with Crippen molar-refractivity contribution in [1.82, 2.24) is 0 Å². The minimum atomic E-state index is 0.184. The lowest BCUT2D eigenvalue weighted by molar-refractivity contribution is -0.0465. The number of hydrogen-bond acceptors (Lipinski definition) is 3. The van der Waals surface area contributed by atoms with Crippen molar-refractivity contribution in [2.45, 2.75) is 52.7 Å². The predicted octanol–water partition coefficient (Wildman–Crippen LogP) is 2.63. The zero-order valence-corrected chi connectivity index (χ0v) is 10.6. The summed E-state index contributed by atoms with van der Waals surface area (Å²) in [6.07, 6.45) is 2.48. The maximum atomic E-state index is 5.50. The molecule has 0 aliphatic heterocycles. The van der Waals surface area contributed by atoms with Gasteiger partial charge in [0.25, 0.3) is 0 Å². The summed E-state index contributed by atoms with van der Waals surface area (Å²) < 4.78 is 16.5. The second-order valence-corrected chi connectivity index (χ2v) is 3.90. The molecule has 0 N–H and O–H groups in total. The minimum Gasteiger partial charge on any atom is -0.376 e. The Morgan fingerprint density at radius 1 is 0.800 bits per heavy atom. The fraction of sp³-hybridized carbons (Fsp3) is 1.00. The van der Waals surface area contributed by atoms with E-state index < -0.39 is 0 Å². The molecule has 15 heavy (non-hydrogen) atoms. The summed E-state index contributed by atoms with van der Waals surface area (Å²) in [6.45, 7) is 11.2. The smallest absolute Gasteiger partial charge is 0.0780 e. The molecule has 3 nitrogen and oxygen atoms in total. The van der Waals surface area contributed by atoms with Gasteiger partial charge in [0, 0.05) is 13.2 Å². The van der Waals surface area contributed by atoms with Gasteiger partial charge in [0.05, 0.1) is 25.4 Å². The molecular weight excluding hydrogens is 192 g/mol. The number of rotatable bonds is 10. The quantitative estimate of drug-likeness (QED) is 0.564. The van der Waals surface area contributed by atoms with Gasteiger partial charge in [-0.1, -0.05) is 13.8 Å². The molecule has 0 heterocycles. The highest BCUT2D eigenvalue weighted by atomic mass is 16.6. The van der Waals surface area contributed by atoms with E-state index in [4.69, 9.17) is 14.2 Å². The van der Waals surface area contributed by atoms with Crippen molar-refractivity contribution in [2.24, 2.45) is 0 Å². The Morgan fingerprint density at radius 2 is 1.20 bits per heavy atom. The van der Waals surface area contributed by atoms with Crippen LogP contribution in [0.3, 0.4) is 0 Å². The molecule has 0 fully saturated rings. The molecule has 0 aliphatic rings. The lowest BCUT2D eigenvalue weighted by Gasteiger charge is -2.16. The van der Waals surface area contributed by atoms with E-state index in [1.54, 1.807) is 0 Å². The van der Waals surface area contributed by atoms with Crippen LogP contribution in [-0.2, 0) is 14.2 Å². The fourth-order valence-corrected chi connectivity index (χ4v) is 1.13. The van der Waals surface area contributed by atoms with E-state index in [1.165, 1.54) is 0 Å². The highest BCUT2D eigenvalue weighted by Crippen LogP contribution is 1.97. The van der Waals surface area contributed by atoms with Crippen molar-refractivity contribution in [1.29, 1.82) is 0 Å². The summed E-state index contributed by atoms with van der Waals surface area (Å²) in [4.78, 5) is 0. The molecule has 0 saturated heterocycles. The van der Waals surface area contributed by atoms with Gasteiger partial charge < -0.3 is 14.2 Å². The van der Waals surface area contributed by atoms with Crippen LogP contribution in [0.1, 0.15) is 40.5 Å². The number of hydrogen-bond donors (Lipinski definition) is 0. The summed E-state index contributed by atoms with van der Waals surface area (Å²) >= 11 is 0. The van der Waals surface area contributed by atoms with E-state index in [9.17, 15) is 0 Å². The van der Waals surface area contributed by atoms with Crippen molar-refractivity contribution < 1.29 is 14.2 Å². The van der Waals surface area contributed by atoms with Crippen LogP contribution in [0.5, 0.6) is 0 Å². The molecule has 0 amide bonds. The topological polar surface area (TPSA) is 27.7 Å². The van der Waals surface area contributed by atoms with Crippen LogP contribution in [0.25, 0.3) is 0 Å². The van der Waals surface area contributed by atoms with Crippen LogP contribution in [0, 0.1) is 0 Å². The van der Waals surface area contributed by atoms with Gasteiger partial charge in [0.2, 0.25) is 0 Å². The van der Waals surface area contributed by atoms with Crippen LogP contribution in [0.2, 0.25) is 0 Å². The Labute approximate surface area is 94.1 Å². The first kappa shape index (κ1) is 14.9. The van der Waals surface area contributed by atoms with Gasteiger partial charge >= 0.3 is 0 Å². The lowest BCUT2D eigenvalue weighted by atomic mass is 10.4. The molecule has 2 atom stereocenters. The van der Waals surface area contributed by atoms with Gasteiger partial charge in [-0.25, -0.2) is 0 Å². The maximum Gasteiger partial charge on any atom is 0.0780 e. The summed E-state index contributed by atoms with van der Waals surface area (Å²) in [6, 6.07) is 0. The highest BCUT2D eigenvalue weighted by Gasteiger charge is 2.05. The Bertz CT molecular complexity index is 114. The van der Waals surface area contributed by atoms with Crippen molar-refractivity contribution in [3.63, 3.8) is 0 Å². The van der Waals surface area contributed by atoms with Gasteiger partial charge in [0.1, 0.15) is 0 Å². The largest absolute Gasteiger partial charge is 0.376 e. The number of ether oxygens (including phenoxy) is 3.